The minimum atomic E-state index is -1.60. The van der Waals surface area contributed by atoms with E-state index in [1.807, 2.05) is 26.0 Å². The van der Waals surface area contributed by atoms with Gasteiger partial charge in [0.2, 0.25) is 6.10 Å². The fourth-order valence-electron chi connectivity index (χ4n) is 2.89. The van der Waals surface area contributed by atoms with Crippen LogP contribution in [0.25, 0.3) is 0 Å². The Morgan fingerprint density at radius 1 is 1.31 bits per heavy atom. The summed E-state index contributed by atoms with van der Waals surface area (Å²) in [7, 11) is -1.60. The van der Waals surface area contributed by atoms with E-state index in [9.17, 15) is 14.8 Å². The minimum Gasteiger partial charge on any atom is -0.426 e. The third-order valence-electron chi connectivity index (χ3n) is 4.46. The van der Waals surface area contributed by atoms with Crippen LogP contribution >= 0.6 is 0 Å². The Bertz CT molecular complexity index is 650. The molecule has 3 N–H and O–H groups in total. The molecule has 1 aliphatic heterocycles. The topological polar surface area (TPSA) is 91.2 Å². The highest BCUT2D eigenvalue weighted by Gasteiger charge is 2.33. The Morgan fingerprint density at radius 3 is 2.42 bits per heavy atom. The summed E-state index contributed by atoms with van der Waals surface area (Å²) in [6, 6.07) is 8.10. The number of carbonyl (C=O) groups excluding carboxylic acids is 1. The number of hydrogen-bond acceptors (Lipinski definition) is 5. The predicted octanol–water partition coefficient (Wildman–Crippen LogP) is 2.02. The van der Waals surface area contributed by atoms with Crippen LogP contribution in [-0.2, 0) is 15.0 Å². The Balaban J connectivity index is 1.97. The van der Waals surface area contributed by atoms with Crippen LogP contribution in [0.15, 0.2) is 29.4 Å². The summed E-state index contributed by atoms with van der Waals surface area (Å²) in [5, 5.41) is 25.6. The van der Waals surface area contributed by atoms with Gasteiger partial charge in [0, 0.05) is 6.42 Å². The van der Waals surface area contributed by atoms with Gasteiger partial charge >= 0.3 is 7.12 Å². The van der Waals surface area contributed by atoms with E-state index in [0.29, 0.717) is 12.8 Å². The first-order chi connectivity index (χ1) is 12.1. The van der Waals surface area contributed by atoms with Crippen LogP contribution in [0.2, 0.25) is 0 Å². The molecule has 7 heteroatoms. The van der Waals surface area contributed by atoms with Crippen molar-refractivity contribution in [2.75, 3.05) is 0 Å². The zero-order chi connectivity index (χ0) is 19.5. The molecule has 1 amide bonds. The molecular formula is C19H29BN2O4. The van der Waals surface area contributed by atoms with Crippen LogP contribution < -0.4 is 5.32 Å². The van der Waals surface area contributed by atoms with Crippen molar-refractivity contribution in [2.24, 2.45) is 11.1 Å². The molecule has 0 bridgehead atoms. The maximum atomic E-state index is 12.4. The Hall–Kier alpha value is -1.86. The molecule has 1 aliphatic rings. The van der Waals surface area contributed by atoms with E-state index < -0.39 is 19.2 Å². The zero-order valence-electron chi connectivity index (χ0n) is 16.2. The van der Waals surface area contributed by atoms with Crippen LogP contribution in [0.5, 0.6) is 0 Å². The molecule has 0 aromatic heterocycles. The molecule has 6 nitrogen and oxygen atoms in total. The normalized spacial score (nSPS) is 18.3. The van der Waals surface area contributed by atoms with Crippen LogP contribution in [-0.4, -0.2) is 40.8 Å². The highest BCUT2D eigenvalue weighted by molar-refractivity contribution is 6.43. The first-order valence-corrected chi connectivity index (χ1v) is 9.08. The maximum absolute atomic E-state index is 12.4. The van der Waals surface area contributed by atoms with Crippen LogP contribution in [0.3, 0.4) is 0 Å². The van der Waals surface area contributed by atoms with E-state index in [4.69, 9.17) is 4.84 Å². The number of benzene rings is 1. The molecule has 0 spiro atoms. The van der Waals surface area contributed by atoms with Crippen molar-refractivity contribution >= 4 is 18.7 Å². The first kappa shape index (κ1) is 20.5. The number of hydrogen-bond donors (Lipinski definition) is 3. The van der Waals surface area contributed by atoms with Gasteiger partial charge in [0.15, 0.2) is 0 Å². The molecule has 0 radical (unpaired) electrons. The standard InChI is InChI=1S/C19H29BN2O4/c1-12(2)10-17(20(24)25)21-18(23)16-11-15(22-26-16)13-6-8-14(9-7-13)19(3,4)5/h6-9,12,16-17,24-25H,10-11H2,1-5H3,(H,21,23)/t16?,17-/m0/s1. The predicted molar refractivity (Wildman–Crippen MR) is 103 cm³/mol. The highest BCUT2D eigenvalue weighted by Crippen LogP contribution is 2.24. The fourth-order valence-corrected chi connectivity index (χ4v) is 2.89. The Labute approximate surface area is 155 Å². The average molecular weight is 360 g/mol. The van der Waals surface area contributed by atoms with Crippen molar-refractivity contribution < 1.29 is 19.7 Å². The molecule has 26 heavy (non-hydrogen) atoms. The molecule has 0 fully saturated rings. The van der Waals surface area contributed by atoms with Gasteiger partial charge in [0.25, 0.3) is 5.91 Å². The summed E-state index contributed by atoms with van der Waals surface area (Å²) in [6.07, 6.45) is 0.0788. The molecule has 2 atom stereocenters. The van der Waals surface area contributed by atoms with Gasteiger partial charge in [0.05, 0.1) is 11.7 Å². The molecule has 1 heterocycles. The van der Waals surface area contributed by atoms with Crippen molar-refractivity contribution in [3.05, 3.63) is 35.4 Å². The molecule has 1 aromatic rings. The van der Waals surface area contributed by atoms with E-state index in [-0.39, 0.29) is 17.2 Å². The summed E-state index contributed by atoms with van der Waals surface area (Å²) in [6.45, 7) is 10.4. The minimum absolute atomic E-state index is 0.0749. The fraction of sp³-hybridized carbons (Fsp3) is 0.579. The van der Waals surface area contributed by atoms with Gasteiger partial charge in [-0.15, -0.1) is 0 Å². The SMILES string of the molecule is CC(C)C[C@H](NC(=O)C1CC(c2ccc(C(C)(C)C)cc2)=NO1)B(O)O. The molecule has 1 unspecified atom stereocenters. The van der Waals surface area contributed by atoms with Crippen LogP contribution in [0, 0.1) is 5.92 Å². The van der Waals surface area contributed by atoms with Gasteiger partial charge in [-0.1, -0.05) is 64.0 Å². The third kappa shape index (κ3) is 5.32. The van der Waals surface area contributed by atoms with E-state index >= 15 is 0 Å². The van der Waals surface area contributed by atoms with Crippen molar-refractivity contribution in [1.82, 2.24) is 5.32 Å². The van der Waals surface area contributed by atoms with E-state index in [1.54, 1.807) is 0 Å². The van der Waals surface area contributed by atoms with E-state index in [2.05, 4.69) is 43.4 Å². The summed E-state index contributed by atoms with van der Waals surface area (Å²) >= 11 is 0. The van der Waals surface area contributed by atoms with Gasteiger partial charge in [0.1, 0.15) is 0 Å². The molecular weight excluding hydrogens is 331 g/mol. The number of amides is 1. The van der Waals surface area contributed by atoms with Gasteiger partial charge in [-0.05, 0) is 28.9 Å². The van der Waals surface area contributed by atoms with Crippen molar-refractivity contribution in [3.8, 4) is 0 Å². The van der Waals surface area contributed by atoms with Gasteiger partial charge in [-0.25, -0.2) is 0 Å². The second kappa shape index (κ2) is 8.23. The molecule has 2 rings (SSSR count). The molecule has 0 saturated heterocycles. The first-order valence-electron chi connectivity index (χ1n) is 9.08. The van der Waals surface area contributed by atoms with E-state index in [0.717, 1.165) is 11.3 Å². The van der Waals surface area contributed by atoms with Gasteiger partial charge < -0.3 is 20.2 Å². The quantitative estimate of drug-likeness (QED) is 0.677. The monoisotopic (exact) mass is 360 g/mol. The van der Waals surface area contributed by atoms with E-state index in [1.165, 1.54) is 5.56 Å². The van der Waals surface area contributed by atoms with Gasteiger partial charge in [-0.3, -0.25) is 4.79 Å². The molecule has 142 valence electrons. The Kier molecular flexibility index (Phi) is 6.47. The van der Waals surface area contributed by atoms with Crippen LogP contribution in [0.1, 0.15) is 58.6 Å². The summed E-state index contributed by atoms with van der Waals surface area (Å²) in [4.78, 5) is 17.7. The Morgan fingerprint density at radius 2 is 1.92 bits per heavy atom. The lowest BCUT2D eigenvalue weighted by molar-refractivity contribution is -0.131. The second-order valence-corrected chi connectivity index (χ2v) is 8.32. The maximum Gasteiger partial charge on any atom is 0.475 e. The van der Waals surface area contributed by atoms with Crippen LogP contribution in [0.4, 0.5) is 0 Å². The third-order valence-corrected chi connectivity index (χ3v) is 4.46. The summed E-state index contributed by atoms with van der Waals surface area (Å²) < 4.78 is 0. The number of nitrogens with zero attached hydrogens (tertiary/aromatic N) is 1. The summed E-state index contributed by atoms with van der Waals surface area (Å²) in [5.74, 6) is -0.880. The largest absolute Gasteiger partial charge is 0.475 e. The number of rotatable bonds is 6. The van der Waals surface area contributed by atoms with Crippen molar-refractivity contribution in [1.29, 1.82) is 0 Å². The average Bonchev–Trinajstić information content (AvgIpc) is 3.03. The van der Waals surface area contributed by atoms with Gasteiger partial charge in [-0.2, -0.15) is 0 Å². The van der Waals surface area contributed by atoms with Crippen molar-refractivity contribution in [3.63, 3.8) is 0 Å². The number of nitrogens with one attached hydrogen (secondary N) is 1. The molecule has 1 aromatic carbocycles. The lowest BCUT2D eigenvalue weighted by Crippen LogP contribution is -2.50. The molecule has 0 saturated carbocycles. The second-order valence-electron chi connectivity index (χ2n) is 8.32. The zero-order valence-corrected chi connectivity index (χ0v) is 16.2. The smallest absolute Gasteiger partial charge is 0.426 e. The number of carbonyl (C=O) groups is 1. The summed E-state index contributed by atoms with van der Waals surface area (Å²) in [5.41, 5.74) is 2.94. The highest BCUT2D eigenvalue weighted by atomic mass is 16.6. The molecule has 0 aliphatic carbocycles. The van der Waals surface area contributed by atoms with Crippen molar-refractivity contribution in [2.45, 2.75) is 64.9 Å². The number of oxime groups is 1. The lowest BCUT2D eigenvalue weighted by atomic mass is 9.75. The lowest BCUT2D eigenvalue weighted by Gasteiger charge is -2.21.